The second-order valence-electron chi connectivity index (χ2n) is 9.26. The van der Waals surface area contributed by atoms with Crippen LogP contribution in [0, 0.1) is 37.5 Å². The van der Waals surface area contributed by atoms with Gasteiger partial charge in [0.25, 0.3) is 0 Å². The zero-order valence-electron chi connectivity index (χ0n) is 18.2. The smallest absolute Gasteiger partial charge is 0.338 e. The van der Waals surface area contributed by atoms with Crippen molar-refractivity contribution in [3.8, 4) is 0 Å². The molecule has 1 heterocycles. The third kappa shape index (κ3) is 3.25. The summed E-state index contributed by atoms with van der Waals surface area (Å²) in [5.74, 6) is -1.06. The summed E-state index contributed by atoms with van der Waals surface area (Å²) < 4.78 is 5.25. The van der Waals surface area contributed by atoms with E-state index in [0.29, 0.717) is 23.1 Å². The van der Waals surface area contributed by atoms with Crippen LogP contribution in [0.3, 0.4) is 0 Å². The maximum Gasteiger partial charge on any atom is 0.338 e. The number of hydrogen-bond donors (Lipinski definition) is 0. The number of fused-ring (bicyclic) bond motifs is 5. The number of benzene rings is 2. The molecule has 0 unspecified atom stereocenters. The van der Waals surface area contributed by atoms with Gasteiger partial charge in [0.15, 0.2) is 6.61 Å². The number of hydrogen-bond acceptors (Lipinski definition) is 5. The molecule has 2 bridgehead atoms. The summed E-state index contributed by atoms with van der Waals surface area (Å²) in [6, 6.07) is 11.9. The third-order valence-corrected chi connectivity index (χ3v) is 7.30. The van der Waals surface area contributed by atoms with Gasteiger partial charge >= 0.3 is 5.97 Å². The maximum atomic E-state index is 13.0. The number of carbonyl (C=O) groups is 4. The van der Waals surface area contributed by atoms with Crippen LogP contribution in [-0.4, -0.2) is 30.2 Å². The van der Waals surface area contributed by atoms with Gasteiger partial charge in [0, 0.05) is 5.56 Å². The van der Waals surface area contributed by atoms with E-state index >= 15 is 0 Å². The zero-order valence-corrected chi connectivity index (χ0v) is 18.2. The van der Waals surface area contributed by atoms with E-state index in [1.54, 1.807) is 24.3 Å². The molecule has 2 aromatic rings. The van der Waals surface area contributed by atoms with E-state index in [-0.39, 0.29) is 41.6 Å². The van der Waals surface area contributed by atoms with E-state index in [2.05, 4.69) is 0 Å². The maximum absolute atomic E-state index is 13.0. The lowest BCUT2D eigenvalue weighted by Gasteiger charge is -2.19. The number of esters is 1. The molecule has 0 N–H and O–H groups in total. The van der Waals surface area contributed by atoms with Gasteiger partial charge in [-0.05, 0) is 74.8 Å². The Bertz CT molecular complexity index is 1120. The minimum Gasteiger partial charge on any atom is -0.454 e. The molecule has 1 aliphatic heterocycles. The van der Waals surface area contributed by atoms with Crippen molar-refractivity contribution >= 4 is 29.3 Å². The van der Waals surface area contributed by atoms with Gasteiger partial charge < -0.3 is 4.74 Å². The third-order valence-electron chi connectivity index (χ3n) is 7.30. The van der Waals surface area contributed by atoms with Crippen LogP contribution in [0.15, 0.2) is 42.5 Å². The number of rotatable bonds is 5. The largest absolute Gasteiger partial charge is 0.454 e. The Kier molecular flexibility index (Phi) is 4.96. The van der Waals surface area contributed by atoms with Crippen LogP contribution in [0.25, 0.3) is 0 Å². The fraction of sp³-hybridized carbons (Fsp3) is 0.385. The monoisotopic (exact) mass is 431 g/mol. The number of anilines is 1. The van der Waals surface area contributed by atoms with Crippen molar-refractivity contribution < 1.29 is 23.9 Å². The van der Waals surface area contributed by atoms with Crippen molar-refractivity contribution in [3.63, 3.8) is 0 Å². The Morgan fingerprint density at radius 2 is 1.66 bits per heavy atom. The van der Waals surface area contributed by atoms with Crippen LogP contribution in [0.2, 0.25) is 0 Å². The number of amides is 2. The number of Topliss-reactive ketones (excluding diaryl/α,β-unsaturated/α-hetero) is 1. The first-order valence-electron chi connectivity index (χ1n) is 11.1. The van der Waals surface area contributed by atoms with Crippen molar-refractivity contribution in [2.24, 2.45) is 23.7 Å². The molecule has 32 heavy (non-hydrogen) atoms. The van der Waals surface area contributed by atoms with Crippen LogP contribution >= 0.6 is 0 Å². The van der Waals surface area contributed by atoms with Crippen molar-refractivity contribution in [3.05, 3.63) is 64.7 Å². The minimum absolute atomic E-state index is 0.150. The van der Waals surface area contributed by atoms with E-state index in [0.717, 1.165) is 30.4 Å². The highest BCUT2D eigenvalue weighted by Crippen LogP contribution is 2.56. The summed E-state index contributed by atoms with van der Waals surface area (Å²) in [4.78, 5) is 52.5. The number of imide groups is 1. The molecule has 0 radical (unpaired) electrons. The topological polar surface area (TPSA) is 80.8 Å². The Balaban J connectivity index is 1.31. The summed E-state index contributed by atoms with van der Waals surface area (Å²) in [6.45, 7) is 3.36. The molecule has 2 saturated carbocycles. The lowest BCUT2D eigenvalue weighted by atomic mass is 9.81. The lowest BCUT2D eigenvalue weighted by Crippen LogP contribution is -2.32. The molecule has 3 aliphatic rings. The van der Waals surface area contributed by atoms with Crippen LogP contribution in [-0.2, 0) is 14.3 Å². The van der Waals surface area contributed by atoms with Gasteiger partial charge in [-0.1, -0.05) is 23.8 Å². The molecule has 4 atom stereocenters. The van der Waals surface area contributed by atoms with Crippen molar-refractivity contribution in [2.45, 2.75) is 33.1 Å². The highest BCUT2D eigenvalue weighted by molar-refractivity contribution is 6.22. The van der Waals surface area contributed by atoms with Gasteiger partial charge in [-0.2, -0.15) is 0 Å². The summed E-state index contributed by atoms with van der Waals surface area (Å²) in [6.07, 6.45) is 3.00. The predicted octanol–water partition coefficient (Wildman–Crippen LogP) is 3.88. The predicted molar refractivity (Wildman–Crippen MR) is 117 cm³/mol. The quantitative estimate of drug-likeness (QED) is 0.408. The van der Waals surface area contributed by atoms with Crippen molar-refractivity contribution in [1.82, 2.24) is 0 Å². The van der Waals surface area contributed by atoms with Crippen LogP contribution in [0.4, 0.5) is 5.69 Å². The molecule has 2 aliphatic carbocycles. The van der Waals surface area contributed by atoms with E-state index < -0.39 is 5.97 Å². The summed E-state index contributed by atoms with van der Waals surface area (Å²) in [5, 5.41) is 0. The molecule has 6 heteroatoms. The van der Waals surface area contributed by atoms with Crippen LogP contribution in [0.5, 0.6) is 0 Å². The molecule has 1 saturated heterocycles. The Hall–Kier alpha value is -3.28. The fourth-order valence-electron chi connectivity index (χ4n) is 5.76. The van der Waals surface area contributed by atoms with E-state index in [1.807, 2.05) is 26.0 Å². The standard InChI is InChI=1S/C26H25NO5/c1-14-6-7-15(2)20(10-14)21(28)13-32-26(31)18-4-3-5-19(12-18)27-24(29)22-16-8-9-17(11-16)23(22)25(27)30/h3-7,10,12,16-17,22-23H,8-9,11,13H2,1-2H3/t16-,17-,22-,23-/m0/s1. The number of ether oxygens (including phenoxy) is 1. The summed E-state index contributed by atoms with van der Waals surface area (Å²) in [7, 11) is 0. The fourth-order valence-corrected chi connectivity index (χ4v) is 5.76. The molecular formula is C26H25NO5. The lowest BCUT2D eigenvalue weighted by molar-refractivity contribution is -0.123. The van der Waals surface area contributed by atoms with Gasteiger partial charge in [-0.25, -0.2) is 4.79 Å². The van der Waals surface area contributed by atoms with Gasteiger partial charge in [0.05, 0.1) is 23.1 Å². The van der Waals surface area contributed by atoms with Gasteiger partial charge in [0.2, 0.25) is 17.6 Å². The van der Waals surface area contributed by atoms with E-state index in [9.17, 15) is 19.2 Å². The molecule has 3 fully saturated rings. The van der Waals surface area contributed by atoms with E-state index in [1.165, 1.54) is 11.0 Å². The van der Waals surface area contributed by atoms with Gasteiger partial charge in [0.1, 0.15) is 0 Å². The molecule has 0 spiro atoms. The molecule has 5 rings (SSSR count). The van der Waals surface area contributed by atoms with Gasteiger partial charge in [-0.3, -0.25) is 19.3 Å². The first-order valence-corrected chi connectivity index (χ1v) is 11.1. The average molecular weight is 431 g/mol. The summed E-state index contributed by atoms with van der Waals surface area (Å²) in [5.41, 5.74) is 2.90. The molecule has 2 amide bonds. The molecule has 6 nitrogen and oxygen atoms in total. The first-order chi connectivity index (χ1) is 15.3. The van der Waals surface area contributed by atoms with Crippen LogP contribution in [0.1, 0.15) is 51.1 Å². The highest BCUT2D eigenvalue weighted by Gasteiger charge is 2.61. The Morgan fingerprint density at radius 1 is 0.969 bits per heavy atom. The van der Waals surface area contributed by atoms with E-state index in [4.69, 9.17) is 4.74 Å². The van der Waals surface area contributed by atoms with Crippen LogP contribution < -0.4 is 4.90 Å². The average Bonchev–Trinajstić information content (AvgIpc) is 3.47. The number of aryl methyl sites for hydroxylation is 2. The number of ketones is 1. The normalized spacial score (nSPS) is 25.9. The summed E-state index contributed by atoms with van der Waals surface area (Å²) >= 11 is 0. The Morgan fingerprint density at radius 3 is 2.34 bits per heavy atom. The molecule has 164 valence electrons. The van der Waals surface area contributed by atoms with Crippen molar-refractivity contribution in [2.75, 3.05) is 11.5 Å². The molecular weight excluding hydrogens is 406 g/mol. The Labute approximate surface area is 186 Å². The second kappa shape index (κ2) is 7.69. The minimum atomic E-state index is -0.662. The highest BCUT2D eigenvalue weighted by atomic mass is 16.5. The molecule has 0 aromatic heterocycles. The number of carbonyl (C=O) groups excluding carboxylic acids is 4. The van der Waals surface area contributed by atoms with Gasteiger partial charge in [-0.15, -0.1) is 0 Å². The number of nitrogens with zero attached hydrogens (tertiary/aromatic N) is 1. The van der Waals surface area contributed by atoms with Crippen molar-refractivity contribution in [1.29, 1.82) is 0 Å². The molecule has 2 aromatic carbocycles. The second-order valence-corrected chi connectivity index (χ2v) is 9.26. The SMILES string of the molecule is Cc1ccc(C)c(C(=O)COC(=O)c2cccc(N3C(=O)[C@H]4[C@H]5CC[C@@H](C5)[C@@H]4C3=O)c2)c1. The first kappa shape index (κ1) is 20.6. The zero-order chi connectivity index (χ0) is 22.6.